The van der Waals surface area contributed by atoms with Crippen molar-refractivity contribution < 1.29 is 0 Å². The van der Waals surface area contributed by atoms with Gasteiger partial charge in [0.15, 0.2) is 0 Å². The minimum atomic E-state index is 0.540. The van der Waals surface area contributed by atoms with Crippen LogP contribution in [0.5, 0.6) is 0 Å². The number of hydrogen-bond donors (Lipinski definition) is 0. The number of halogens is 1. The molecule has 2 heterocycles. The fourth-order valence-corrected chi connectivity index (χ4v) is 2.67. The van der Waals surface area contributed by atoms with Crippen molar-refractivity contribution in [3.63, 3.8) is 0 Å². The van der Waals surface area contributed by atoms with Crippen LogP contribution in [0, 0.1) is 0 Å². The van der Waals surface area contributed by atoms with Gasteiger partial charge < -0.3 is 9.80 Å². The Balaban J connectivity index is 1.89. The molecule has 0 N–H and O–H groups in total. The molecule has 100 valence electrons. The lowest BCUT2D eigenvalue weighted by atomic mass is 10.2. The maximum Gasteiger partial charge on any atom is 0.227 e. The van der Waals surface area contributed by atoms with Crippen molar-refractivity contribution in [2.24, 2.45) is 0 Å². The first-order valence-corrected chi connectivity index (χ1v) is 7.05. The van der Waals surface area contributed by atoms with Gasteiger partial charge in [-0.05, 0) is 18.7 Å². The molecule has 0 bridgehead atoms. The van der Waals surface area contributed by atoms with Gasteiger partial charge in [-0.3, -0.25) is 0 Å². The van der Waals surface area contributed by atoms with Crippen molar-refractivity contribution in [3.8, 4) is 0 Å². The van der Waals surface area contributed by atoms with Crippen molar-refractivity contribution in [2.45, 2.75) is 6.92 Å². The highest BCUT2D eigenvalue weighted by Crippen LogP contribution is 2.23. The molecule has 1 fully saturated rings. The third-order valence-corrected chi connectivity index (χ3v) is 3.94. The van der Waals surface area contributed by atoms with Crippen LogP contribution in [0.4, 0.5) is 5.95 Å². The zero-order valence-corrected chi connectivity index (χ0v) is 11.8. The summed E-state index contributed by atoms with van der Waals surface area (Å²) in [6, 6.07) is 7.87. The van der Waals surface area contributed by atoms with E-state index in [1.54, 1.807) is 0 Å². The fourth-order valence-electron chi connectivity index (χ4n) is 2.43. The molecule has 0 unspecified atom stereocenters. The molecule has 0 saturated carbocycles. The van der Waals surface area contributed by atoms with Gasteiger partial charge in [0, 0.05) is 31.6 Å². The third-order valence-electron chi connectivity index (χ3n) is 3.65. The van der Waals surface area contributed by atoms with E-state index in [-0.39, 0.29) is 0 Å². The molecule has 2 aromatic rings. The van der Waals surface area contributed by atoms with Crippen molar-refractivity contribution >= 4 is 28.5 Å². The Morgan fingerprint density at radius 2 is 1.84 bits per heavy atom. The minimum Gasteiger partial charge on any atom is -0.338 e. The molecule has 0 radical (unpaired) electrons. The van der Waals surface area contributed by atoms with Gasteiger partial charge in [0.1, 0.15) is 5.15 Å². The van der Waals surface area contributed by atoms with E-state index in [0.717, 1.165) is 49.6 Å². The largest absolute Gasteiger partial charge is 0.338 e. The maximum absolute atomic E-state index is 6.25. The molecule has 19 heavy (non-hydrogen) atoms. The van der Waals surface area contributed by atoms with E-state index in [9.17, 15) is 0 Å². The van der Waals surface area contributed by atoms with Gasteiger partial charge in [0.05, 0.1) is 5.52 Å². The number of nitrogens with zero attached hydrogens (tertiary/aromatic N) is 4. The number of benzene rings is 1. The van der Waals surface area contributed by atoms with Gasteiger partial charge in [0.2, 0.25) is 5.95 Å². The summed E-state index contributed by atoms with van der Waals surface area (Å²) in [5.41, 5.74) is 0.912. The summed E-state index contributed by atoms with van der Waals surface area (Å²) in [5.74, 6) is 0.749. The van der Waals surface area contributed by atoms with Crippen LogP contribution in [0.25, 0.3) is 10.9 Å². The van der Waals surface area contributed by atoms with Gasteiger partial charge >= 0.3 is 0 Å². The number of likely N-dealkylation sites (N-methyl/N-ethyl adjacent to an activating group) is 1. The molecule has 1 saturated heterocycles. The average Bonchev–Trinajstić information content (AvgIpc) is 2.47. The summed E-state index contributed by atoms with van der Waals surface area (Å²) in [6.45, 7) is 7.34. The fraction of sp³-hybridized carbons (Fsp3) is 0.429. The normalized spacial score (nSPS) is 17.1. The van der Waals surface area contributed by atoms with Crippen LogP contribution in [0.1, 0.15) is 6.92 Å². The first kappa shape index (κ1) is 12.6. The van der Waals surface area contributed by atoms with E-state index in [1.165, 1.54) is 0 Å². The molecule has 0 aliphatic carbocycles. The molecule has 0 spiro atoms. The van der Waals surface area contributed by atoms with Crippen molar-refractivity contribution in [2.75, 3.05) is 37.6 Å². The van der Waals surface area contributed by atoms with Crippen LogP contribution < -0.4 is 4.90 Å². The molecular formula is C14H17ClN4. The standard InChI is InChI=1S/C14H17ClN4/c1-2-18-7-9-19(10-8-18)14-16-12-6-4-3-5-11(12)13(15)17-14/h3-6H,2,7-10H2,1H3. The van der Waals surface area contributed by atoms with E-state index in [0.29, 0.717) is 5.15 Å². The molecule has 5 heteroatoms. The first-order valence-electron chi connectivity index (χ1n) is 6.67. The number of fused-ring (bicyclic) bond motifs is 1. The highest BCUT2D eigenvalue weighted by Gasteiger charge is 2.18. The van der Waals surface area contributed by atoms with Crippen LogP contribution in [0.3, 0.4) is 0 Å². The number of rotatable bonds is 2. The highest BCUT2D eigenvalue weighted by atomic mass is 35.5. The van der Waals surface area contributed by atoms with E-state index < -0.39 is 0 Å². The topological polar surface area (TPSA) is 32.3 Å². The first-order chi connectivity index (χ1) is 9.28. The number of hydrogen-bond acceptors (Lipinski definition) is 4. The molecular weight excluding hydrogens is 260 g/mol. The Morgan fingerprint density at radius 1 is 1.11 bits per heavy atom. The van der Waals surface area contributed by atoms with Gasteiger partial charge in [-0.2, -0.15) is 0 Å². The molecule has 4 nitrogen and oxygen atoms in total. The lowest BCUT2D eigenvalue weighted by Crippen LogP contribution is -2.46. The van der Waals surface area contributed by atoms with Crippen molar-refractivity contribution in [1.29, 1.82) is 0 Å². The van der Waals surface area contributed by atoms with Crippen LogP contribution in [-0.4, -0.2) is 47.6 Å². The average molecular weight is 277 g/mol. The monoisotopic (exact) mass is 276 g/mol. The van der Waals surface area contributed by atoms with E-state index in [1.807, 2.05) is 24.3 Å². The van der Waals surface area contributed by atoms with Gasteiger partial charge in [-0.15, -0.1) is 0 Å². The Labute approximate surface area is 118 Å². The predicted octanol–water partition coefficient (Wildman–Crippen LogP) is 2.43. The number of para-hydroxylation sites is 1. The third kappa shape index (κ3) is 2.51. The molecule has 0 amide bonds. The molecule has 1 aliphatic heterocycles. The lowest BCUT2D eigenvalue weighted by Gasteiger charge is -2.34. The maximum atomic E-state index is 6.25. The second kappa shape index (κ2) is 5.31. The zero-order valence-electron chi connectivity index (χ0n) is 11.0. The van der Waals surface area contributed by atoms with Gasteiger partial charge in [-0.1, -0.05) is 30.7 Å². The Hall–Kier alpha value is -1.39. The number of aromatic nitrogens is 2. The SMILES string of the molecule is CCN1CCN(c2nc(Cl)c3ccccc3n2)CC1. The van der Waals surface area contributed by atoms with Crippen LogP contribution in [0.2, 0.25) is 5.15 Å². The van der Waals surface area contributed by atoms with Crippen LogP contribution in [0.15, 0.2) is 24.3 Å². The van der Waals surface area contributed by atoms with Crippen molar-refractivity contribution in [1.82, 2.24) is 14.9 Å². The van der Waals surface area contributed by atoms with Gasteiger partial charge in [-0.25, -0.2) is 9.97 Å². The summed E-state index contributed by atoms with van der Waals surface area (Å²) in [7, 11) is 0. The second-order valence-electron chi connectivity index (χ2n) is 4.75. The summed E-state index contributed by atoms with van der Waals surface area (Å²) in [6.07, 6.45) is 0. The molecule has 3 rings (SSSR count). The van der Waals surface area contributed by atoms with E-state index >= 15 is 0 Å². The minimum absolute atomic E-state index is 0.540. The quantitative estimate of drug-likeness (QED) is 0.789. The summed E-state index contributed by atoms with van der Waals surface area (Å²) >= 11 is 6.25. The summed E-state index contributed by atoms with van der Waals surface area (Å²) in [4.78, 5) is 13.7. The molecule has 1 aliphatic rings. The zero-order chi connectivity index (χ0) is 13.2. The van der Waals surface area contributed by atoms with E-state index in [4.69, 9.17) is 11.6 Å². The molecule has 1 aromatic carbocycles. The lowest BCUT2D eigenvalue weighted by molar-refractivity contribution is 0.270. The Bertz CT molecular complexity index is 579. The van der Waals surface area contributed by atoms with Crippen LogP contribution in [-0.2, 0) is 0 Å². The number of piperazine rings is 1. The Morgan fingerprint density at radius 3 is 2.58 bits per heavy atom. The number of anilines is 1. The second-order valence-corrected chi connectivity index (χ2v) is 5.11. The molecule has 0 atom stereocenters. The highest BCUT2D eigenvalue weighted by molar-refractivity contribution is 6.34. The van der Waals surface area contributed by atoms with Gasteiger partial charge in [0.25, 0.3) is 0 Å². The summed E-state index contributed by atoms with van der Waals surface area (Å²) in [5, 5.41) is 1.46. The summed E-state index contributed by atoms with van der Waals surface area (Å²) < 4.78 is 0. The predicted molar refractivity (Wildman–Crippen MR) is 78.9 cm³/mol. The smallest absolute Gasteiger partial charge is 0.227 e. The van der Waals surface area contributed by atoms with E-state index in [2.05, 4.69) is 26.7 Å². The van der Waals surface area contributed by atoms with Crippen molar-refractivity contribution in [3.05, 3.63) is 29.4 Å². The van der Waals surface area contributed by atoms with Crippen LogP contribution >= 0.6 is 11.6 Å². The molecule has 1 aromatic heterocycles. The Kier molecular flexibility index (Phi) is 3.53.